The minimum Gasteiger partial charge on any atom is -0.481 e. The Morgan fingerprint density at radius 3 is 1.33 bits per heavy atom. The zero-order valence-corrected chi connectivity index (χ0v) is 31.2. The maximum Gasteiger partial charge on any atom is 0.313 e. The smallest absolute Gasteiger partial charge is 0.313 e. The van der Waals surface area contributed by atoms with Crippen LogP contribution in [0.25, 0.3) is 0 Å². The van der Waals surface area contributed by atoms with Crippen molar-refractivity contribution in [2.24, 2.45) is 23.7 Å². The molecular weight excluding hydrogens is 704 g/mol. The van der Waals surface area contributed by atoms with E-state index in [2.05, 4.69) is 0 Å². The van der Waals surface area contributed by atoms with Gasteiger partial charge < -0.3 is 33.9 Å². The van der Waals surface area contributed by atoms with Crippen LogP contribution in [-0.2, 0) is 46.5 Å². The average Bonchev–Trinajstić information content (AvgIpc) is 3.16. The quantitative estimate of drug-likeness (QED) is 0.0827. The van der Waals surface area contributed by atoms with Crippen LogP contribution in [0.5, 0.6) is 23.0 Å². The summed E-state index contributed by atoms with van der Waals surface area (Å²) in [7, 11) is 0. The lowest BCUT2D eigenvalue weighted by Crippen LogP contribution is -2.64. The number of nitrogens with zero attached hydrogens (tertiary/aromatic N) is 2. The molecule has 12 nitrogen and oxygen atoms in total. The minimum absolute atomic E-state index is 0.138. The molecule has 4 unspecified atom stereocenters. The van der Waals surface area contributed by atoms with Gasteiger partial charge in [0.25, 0.3) is 0 Å². The van der Waals surface area contributed by atoms with Gasteiger partial charge in [0, 0.05) is 33.1 Å². The van der Waals surface area contributed by atoms with E-state index in [1.54, 1.807) is 24.3 Å². The highest BCUT2D eigenvalue weighted by atomic mass is 16.7. The molecule has 4 aromatic carbocycles. The van der Waals surface area contributed by atoms with Crippen molar-refractivity contribution in [2.75, 3.05) is 19.9 Å². The largest absolute Gasteiger partial charge is 0.481 e. The van der Waals surface area contributed by atoms with Crippen LogP contribution in [0.15, 0.2) is 109 Å². The van der Waals surface area contributed by atoms with E-state index < -0.39 is 60.2 Å². The van der Waals surface area contributed by atoms with Crippen LogP contribution in [0.1, 0.15) is 44.7 Å². The van der Waals surface area contributed by atoms with Crippen LogP contribution < -0.4 is 9.47 Å². The Morgan fingerprint density at radius 2 is 0.945 bits per heavy atom. The van der Waals surface area contributed by atoms with E-state index in [0.717, 1.165) is 18.1 Å². The summed E-state index contributed by atoms with van der Waals surface area (Å²) >= 11 is 0. The van der Waals surface area contributed by atoms with Crippen LogP contribution in [0, 0.1) is 23.7 Å². The van der Waals surface area contributed by atoms with Gasteiger partial charge >= 0.3 is 17.9 Å². The molecule has 0 spiro atoms. The summed E-state index contributed by atoms with van der Waals surface area (Å²) in [5.41, 5.74) is 1.53. The first-order valence-electron chi connectivity index (χ1n) is 18.3. The molecule has 1 N–H and O–H groups in total. The average molecular weight is 751 g/mol. The molecule has 4 aromatic rings. The molecule has 0 radical (unpaired) electrons. The second-order valence-electron chi connectivity index (χ2n) is 13.3. The van der Waals surface area contributed by atoms with E-state index in [0.29, 0.717) is 35.8 Å². The van der Waals surface area contributed by atoms with E-state index in [9.17, 15) is 29.1 Å². The number of aliphatic carboxylic acids is 1. The van der Waals surface area contributed by atoms with E-state index in [1.807, 2.05) is 98.8 Å². The summed E-state index contributed by atoms with van der Waals surface area (Å²) in [6, 6.07) is 33.0. The number of carboxylic acids is 1. The summed E-state index contributed by atoms with van der Waals surface area (Å²) in [5.74, 6) is -7.45. The highest BCUT2D eigenvalue weighted by Gasteiger charge is 2.65. The lowest BCUT2D eigenvalue weighted by atomic mass is 9.55. The van der Waals surface area contributed by atoms with E-state index in [4.69, 9.17) is 18.9 Å². The van der Waals surface area contributed by atoms with Gasteiger partial charge in [0.05, 0.1) is 23.7 Å². The number of benzene rings is 4. The van der Waals surface area contributed by atoms with Gasteiger partial charge in [-0.05, 0) is 72.5 Å². The fourth-order valence-corrected chi connectivity index (χ4v) is 6.74. The van der Waals surface area contributed by atoms with Gasteiger partial charge in [-0.2, -0.15) is 0 Å². The fraction of sp³-hybridized carbons (Fsp3) is 0.326. The molecule has 0 saturated heterocycles. The van der Waals surface area contributed by atoms with Gasteiger partial charge in [-0.25, -0.2) is 0 Å². The zero-order chi connectivity index (χ0) is 39.3. The lowest BCUT2D eigenvalue weighted by Gasteiger charge is -2.49. The third kappa shape index (κ3) is 10.5. The molecule has 4 atom stereocenters. The van der Waals surface area contributed by atoms with Crippen LogP contribution in [0.3, 0.4) is 0 Å². The van der Waals surface area contributed by atoms with Gasteiger partial charge in [-0.15, -0.1) is 0 Å². The number of esters is 2. The molecule has 1 aliphatic carbocycles. The number of para-hydroxylation sites is 2. The summed E-state index contributed by atoms with van der Waals surface area (Å²) < 4.78 is 21.7. The predicted molar refractivity (Wildman–Crippen MR) is 202 cm³/mol. The molecule has 1 aliphatic rings. The first-order chi connectivity index (χ1) is 26.6. The lowest BCUT2D eigenvalue weighted by molar-refractivity contribution is -0.196. The molecule has 0 aromatic heterocycles. The first-order valence-corrected chi connectivity index (χ1v) is 18.3. The van der Waals surface area contributed by atoms with Crippen molar-refractivity contribution in [3.05, 3.63) is 120 Å². The van der Waals surface area contributed by atoms with Crippen LogP contribution in [-0.4, -0.2) is 64.5 Å². The molecule has 0 aliphatic heterocycles. The molecule has 55 heavy (non-hydrogen) atoms. The van der Waals surface area contributed by atoms with Gasteiger partial charge in [0.15, 0.2) is 0 Å². The van der Waals surface area contributed by atoms with Gasteiger partial charge in [-0.1, -0.05) is 74.5 Å². The SMILES string of the molecule is CCCN(Cc1ccc(Oc2ccccc2)cc1)C(=O)C1C(C(=O)O)C(C(=O)OCOC(C)=O)C1C(=O)N(CCC)Cc1ccc(Oc2ccccc2)cc1. The number of rotatable bonds is 18. The predicted octanol–water partition coefficient (Wildman–Crippen LogP) is 7.08. The first kappa shape index (κ1) is 40.0. The van der Waals surface area contributed by atoms with Crippen molar-refractivity contribution in [1.29, 1.82) is 0 Å². The third-order valence-corrected chi connectivity index (χ3v) is 9.30. The zero-order valence-electron chi connectivity index (χ0n) is 31.2. The molecule has 288 valence electrons. The molecule has 1 fully saturated rings. The summed E-state index contributed by atoms with van der Waals surface area (Å²) in [6.45, 7) is 5.00. The van der Waals surface area contributed by atoms with E-state index >= 15 is 0 Å². The molecular formula is C43H46N2O10. The highest BCUT2D eigenvalue weighted by molar-refractivity contribution is 6.00. The topological polar surface area (TPSA) is 149 Å². The second kappa shape index (κ2) is 19.2. The number of hydrogen-bond acceptors (Lipinski definition) is 9. The Morgan fingerprint density at radius 1 is 0.545 bits per heavy atom. The van der Waals surface area contributed by atoms with E-state index in [-0.39, 0.29) is 26.2 Å². The van der Waals surface area contributed by atoms with E-state index in [1.165, 1.54) is 9.80 Å². The third-order valence-electron chi connectivity index (χ3n) is 9.30. The maximum absolute atomic E-state index is 14.6. The van der Waals surface area contributed by atoms with Crippen molar-refractivity contribution in [3.63, 3.8) is 0 Å². The van der Waals surface area contributed by atoms with Crippen molar-refractivity contribution < 1.29 is 48.0 Å². The number of carbonyl (C=O) groups is 5. The molecule has 0 bridgehead atoms. The summed E-state index contributed by atoms with van der Waals surface area (Å²) in [6.07, 6.45) is 1.12. The molecule has 5 rings (SSSR count). The molecule has 1 saturated carbocycles. The Labute approximate surface area is 320 Å². The fourth-order valence-electron chi connectivity index (χ4n) is 6.74. The van der Waals surface area contributed by atoms with Gasteiger partial charge in [0.2, 0.25) is 18.6 Å². The van der Waals surface area contributed by atoms with Gasteiger partial charge in [-0.3, -0.25) is 24.0 Å². The Balaban J connectivity index is 1.40. The van der Waals surface area contributed by atoms with Crippen molar-refractivity contribution in [1.82, 2.24) is 9.80 Å². The number of ether oxygens (including phenoxy) is 4. The van der Waals surface area contributed by atoms with Gasteiger partial charge in [0.1, 0.15) is 23.0 Å². The van der Waals surface area contributed by atoms with Crippen molar-refractivity contribution >= 4 is 29.7 Å². The number of carboxylic acid groups (broad SMARTS) is 1. The normalized spacial score (nSPS) is 17.2. The van der Waals surface area contributed by atoms with Crippen LogP contribution in [0.4, 0.5) is 0 Å². The molecule has 12 heteroatoms. The summed E-state index contributed by atoms with van der Waals surface area (Å²) in [5, 5.41) is 10.4. The Bertz CT molecular complexity index is 1900. The molecule has 2 amide bonds. The highest BCUT2D eigenvalue weighted by Crippen LogP contribution is 2.49. The minimum atomic E-state index is -1.55. The number of carbonyl (C=O) groups excluding carboxylic acids is 4. The van der Waals surface area contributed by atoms with Crippen molar-refractivity contribution in [3.8, 4) is 23.0 Å². The monoisotopic (exact) mass is 750 g/mol. The number of amides is 2. The second-order valence-corrected chi connectivity index (χ2v) is 13.3. The Hall–Kier alpha value is -6.17. The maximum atomic E-state index is 14.6. The number of hydrogen-bond donors (Lipinski definition) is 1. The summed E-state index contributed by atoms with van der Waals surface area (Å²) in [4.78, 5) is 69.8. The standard InChI is InChI=1S/C43H46N2O10/c1-4-24-44(26-30-16-20-34(21-17-30)54-32-12-8-6-9-13-32)40(47)36-37(39(38(36)42(49)50)43(51)53-28-52-29(3)46)41(48)45(25-5-2)27-31-18-22-35(23-19-31)55-33-14-10-7-11-15-33/h6-23,36-39H,4-5,24-28H2,1-3H3,(H,49,50). The van der Waals surface area contributed by atoms with Crippen LogP contribution in [0.2, 0.25) is 0 Å². The van der Waals surface area contributed by atoms with Crippen molar-refractivity contribution in [2.45, 2.75) is 46.7 Å². The van der Waals surface area contributed by atoms with Crippen LogP contribution >= 0.6 is 0 Å². The Kier molecular flexibility index (Phi) is 14.0. The molecule has 0 heterocycles.